The van der Waals surface area contributed by atoms with E-state index in [0.29, 0.717) is 11.6 Å². The quantitative estimate of drug-likeness (QED) is 0.920. The summed E-state index contributed by atoms with van der Waals surface area (Å²) < 4.78 is 5.93. The van der Waals surface area contributed by atoms with Crippen molar-refractivity contribution in [3.8, 4) is 0 Å². The van der Waals surface area contributed by atoms with Gasteiger partial charge in [0.1, 0.15) is 11.6 Å². The third kappa shape index (κ3) is 2.30. The molecule has 0 bridgehead atoms. The van der Waals surface area contributed by atoms with Gasteiger partial charge >= 0.3 is 0 Å². The zero-order valence-corrected chi connectivity index (χ0v) is 10.1. The molecule has 0 aliphatic carbocycles. The number of nitrogens with one attached hydrogen (secondary N) is 1. The van der Waals surface area contributed by atoms with Crippen molar-refractivity contribution >= 4 is 27.7 Å². The molecule has 0 saturated carbocycles. The second-order valence-electron chi connectivity index (χ2n) is 3.20. The fourth-order valence-electron chi connectivity index (χ4n) is 1.20. The number of hydrogen-bond donors (Lipinski definition) is 1. The van der Waals surface area contributed by atoms with Crippen LogP contribution in [-0.2, 0) is 0 Å². The van der Waals surface area contributed by atoms with Gasteiger partial charge in [0, 0.05) is 6.20 Å². The molecule has 0 atom stereocenters. The number of aromatic nitrogens is 1. The van der Waals surface area contributed by atoms with Crippen LogP contribution < -0.4 is 5.32 Å². The topological polar surface area (TPSA) is 55.1 Å². The first-order valence-electron chi connectivity index (χ1n) is 4.65. The zero-order valence-electron chi connectivity index (χ0n) is 8.53. The number of furan rings is 1. The highest BCUT2D eigenvalue weighted by molar-refractivity contribution is 9.10. The van der Waals surface area contributed by atoms with Crippen molar-refractivity contribution in [2.24, 2.45) is 0 Å². The monoisotopic (exact) mass is 280 g/mol. The Bertz CT molecular complexity index is 522. The first-order valence-corrected chi connectivity index (χ1v) is 5.44. The summed E-state index contributed by atoms with van der Waals surface area (Å²) in [5.41, 5.74) is 0. The lowest BCUT2D eigenvalue weighted by Gasteiger charge is -2.03. The predicted octanol–water partition coefficient (Wildman–Crippen LogP) is 3.00. The maximum Gasteiger partial charge on any atom is 0.292 e. The number of pyridine rings is 1. The van der Waals surface area contributed by atoms with Crippen LogP contribution in [0.1, 0.15) is 16.3 Å². The van der Waals surface area contributed by atoms with Crippen molar-refractivity contribution in [3.05, 3.63) is 46.5 Å². The summed E-state index contributed by atoms with van der Waals surface area (Å²) in [5, 5.41) is 2.65. The average Bonchev–Trinajstić information content (AvgIpc) is 2.68. The fraction of sp³-hybridized carbons (Fsp3) is 0.0909. The van der Waals surface area contributed by atoms with E-state index in [2.05, 4.69) is 26.2 Å². The largest absolute Gasteiger partial charge is 0.456 e. The molecule has 4 nitrogen and oxygen atoms in total. The van der Waals surface area contributed by atoms with Crippen LogP contribution in [0.15, 0.2) is 39.4 Å². The van der Waals surface area contributed by atoms with Crippen molar-refractivity contribution in [3.63, 3.8) is 0 Å². The van der Waals surface area contributed by atoms with Gasteiger partial charge in [0.15, 0.2) is 5.76 Å². The van der Waals surface area contributed by atoms with Crippen LogP contribution in [-0.4, -0.2) is 10.9 Å². The van der Waals surface area contributed by atoms with E-state index in [1.807, 2.05) is 0 Å². The van der Waals surface area contributed by atoms with Crippen molar-refractivity contribution in [2.45, 2.75) is 6.92 Å². The van der Waals surface area contributed by atoms with E-state index in [9.17, 15) is 4.79 Å². The van der Waals surface area contributed by atoms with Gasteiger partial charge in [-0.1, -0.05) is 0 Å². The average molecular weight is 281 g/mol. The normalized spacial score (nSPS) is 10.1. The number of rotatable bonds is 2. The first kappa shape index (κ1) is 10.9. The van der Waals surface area contributed by atoms with Crippen LogP contribution in [0, 0.1) is 6.92 Å². The second-order valence-corrected chi connectivity index (χ2v) is 4.05. The Morgan fingerprint density at radius 1 is 1.44 bits per heavy atom. The minimum absolute atomic E-state index is 0.273. The SMILES string of the molecule is Cc1ccc(C(=O)Nc2ncccc2Br)o1. The minimum atomic E-state index is -0.312. The molecule has 2 aromatic heterocycles. The summed E-state index contributed by atoms with van der Waals surface area (Å²) in [7, 11) is 0. The molecule has 2 heterocycles. The third-order valence-electron chi connectivity index (χ3n) is 1.95. The number of carbonyl (C=O) groups excluding carboxylic acids is 1. The van der Waals surface area contributed by atoms with Gasteiger partial charge in [0.25, 0.3) is 5.91 Å². The van der Waals surface area contributed by atoms with Crippen LogP contribution in [0.3, 0.4) is 0 Å². The number of anilines is 1. The molecule has 1 N–H and O–H groups in total. The van der Waals surface area contributed by atoms with Crippen LogP contribution in [0.25, 0.3) is 0 Å². The number of hydrogen-bond acceptors (Lipinski definition) is 3. The summed E-state index contributed by atoms with van der Waals surface area (Å²) in [5.74, 6) is 1.13. The molecule has 0 fully saturated rings. The highest BCUT2D eigenvalue weighted by atomic mass is 79.9. The van der Waals surface area contributed by atoms with Gasteiger partial charge in [0.05, 0.1) is 4.47 Å². The number of nitrogens with zero attached hydrogens (tertiary/aromatic N) is 1. The Hall–Kier alpha value is -1.62. The molecule has 0 radical (unpaired) electrons. The van der Waals surface area contributed by atoms with Crippen LogP contribution >= 0.6 is 15.9 Å². The molecule has 0 aliphatic heterocycles. The van der Waals surface area contributed by atoms with Gasteiger partial charge in [-0.2, -0.15) is 0 Å². The van der Waals surface area contributed by atoms with E-state index >= 15 is 0 Å². The summed E-state index contributed by atoms with van der Waals surface area (Å²) in [4.78, 5) is 15.7. The van der Waals surface area contributed by atoms with Gasteiger partial charge < -0.3 is 9.73 Å². The van der Waals surface area contributed by atoms with Gasteiger partial charge in [-0.15, -0.1) is 0 Å². The van der Waals surface area contributed by atoms with Crippen LogP contribution in [0.4, 0.5) is 5.82 Å². The van der Waals surface area contributed by atoms with Crippen molar-refractivity contribution in [2.75, 3.05) is 5.32 Å². The Labute approximate surface area is 101 Å². The van der Waals surface area contributed by atoms with E-state index in [4.69, 9.17) is 4.42 Å². The van der Waals surface area contributed by atoms with Crippen LogP contribution in [0.2, 0.25) is 0 Å². The van der Waals surface area contributed by atoms with Gasteiger partial charge in [0.2, 0.25) is 0 Å². The van der Waals surface area contributed by atoms with E-state index in [0.717, 1.165) is 4.47 Å². The number of aryl methyl sites for hydroxylation is 1. The minimum Gasteiger partial charge on any atom is -0.456 e. The first-order chi connectivity index (χ1) is 7.66. The molecule has 0 aliphatic rings. The molecule has 2 rings (SSSR count). The molecule has 0 unspecified atom stereocenters. The van der Waals surface area contributed by atoms with Crippen molar-refractivity contribution in [1.29, 1.82) is 0 Å². The van der Waals surface area contributed by atoms with Crippen LogP contribution in [0.5, 0.6) is 0 Å². The maximum atomic E-state index is 11.7. The number of halogens is 1. The summed E-state index contributed by atoms with van der Waals surface area (Å²) in [6, 6.07) is 6.94. The molecule has 5 heteroatoms. The predicted molar refractivity (Wildman–Crippen MR) is 63.3 cm³/mol. The standard InChI is InChI=1S/C11H9BrN2O2/c1-7-4-5-9(16-7)11(15)14-10-8(12)3-2-6-13-10/h2-6H,1H3,(H,13,14,15). The molecule has 1 amide bonds. The van der Waals surface area contributed by atoms with E-state index in [-0.39, 0.29) is 11.7 Å². The molecule has 0 aromatic carbocycles. The Balaban J connectivity index is 2.17. The van der Waals surface area contributed by atoms with E-state index in [1.54, 1.807) is 37.4 Å². The lowest BCUT2D eigenvalue weighted by atomic mass is 10.4. The Kier molecular flexibility index (Phi) is 3.05. The molecule has 0 saturated heterocycles. The Morgan fingerprint density at radius 3 is 2.88 bits per heavy atom. The summed E-state index contributed by atoms with van der Waals surface area (Å²) >= 11 is 3.29. The highest BCUT2D eigenvalue weighted by Gasteiger charge is 2.11. The molecular weight excluding hydrogens is 272 g/mol. The van der Waals surface area contributed by atoms with Gasteiger partial charge in [-0.3, -0.25) is 4.79 Å². The fourth-order valence-corrected chi connectivity index (χ4v) is 1.56. The highest BCUT2D eigenvalue weighted by Crippen LogP contribution is 2.19. The van der Waals surface area contributed by atoms with Gasteiger partial charge in [-0.25, -0.2) is 4.98 Å². The van der Waals surface area contributed by atoms with Gasteiger partial charge in [-0.05, 0) is 47.1 Å². The lowest BCUT2D eigenvalue weighted by molar-refractivity contribution is 0.0995. The molecule has 82 valence electrons. The van der Waals surface area contributed by atoms with Crippen molar-refractivity contribution < 1.29 is 9.21 Å². The molecule has 16 heavy (non-hydrogen) atoms. The molecule has 2 aromatic rings. The maximum absolute atomic E-state index is 11.7. The third-order valence-corrected chi connectivity index (χ3v) is 2.59. The number of amides is 1. The second kappa shape index (κ2) is 4.49. The Morgan fingerprint density at radius 2 is 2.25 bits per heavy atom. The number of carbonyl (C=O) groups is 1. The summed E-state index contributed by atoms with van der Waals surface area (Å²) in [6.45, 7) is 1.79. The van der Waals surface area contributed by atoms with Crippen molar-refractivity contribution in [1.82, 2.24) is 4.98 Å². The zero-order chi connectivity index (χ0) is 11.5. The molecule has 0 spiro atoms. The summed E-state index contributed by atoms with van der Waals surface area (Å²) in [6.07, 6.45) is 1.60. The lowest BCUT2D eigenvalue weighted by Crippen LogP contribution is -2.12. The molecular formula is C11H9BrN2O2. The van der Waals surface area contributed by atoms with E-state index in [1.165, 1.54) is 0 Å². The smallest absolute Gasteiger partial charge is 0.292 e. The van der Waals surface area contributed by atoms with E-state index < -0.39 is 0 Å².